The lowest BCUT2D eigenvalue weighted by Gasteiger charge is -2.38. The van der Waals surface area contributed by atoms with Crippen molar-refractivity contribution in [2.24, 2.45) is 0 Å². The van der Waals surface area contributed by atoms with Crippen LogP contribution < -0.4 is 0 Å². The van der Waals surface area contributed by atoms with Crippen LogP contribution in [0, 0.1) is 0 Å². The van der Waals surface area contributed by atoms with E-state index in [9.17, 15) is 4.79 Å². The SMILES string of the molecule is CC1CCCC(C)N1C(=O)/C=C/c1ccccc1Cl. The second kappa shape index (κ2) is 6.25. The lowest BCUT2D eigenvalue weighted by atomic mass is 9.97. The maximum absolute atomic E-state index is 12.3. The first kappa shape index (κ1) is 14.1. The molecule has 0 radical (unpaired) electrons. The number of hydrogen-bond acceptors (Lipinski definition) is 1. The zero-order valence-electron chi connectivity index (χ0n) is 11.5. The van der Waals surface area contributed by atoms with E-state index in [0.29, 0.717) is 17.1 Å². The highest BCUT2D eigenvalue weighted by Crippen LogP contribution is 2.23. The van der Waals surface area contributed by atoms with Crippen LogP contribution in [0.4, 0.5) is 0 Å². The number of hydrogen-bond donors (Lipinski definition) is 0. The number of carbonyl (C=O) groups excluding carboxylic acids is 1. The van der Waals surface area contributed by atoms with Gasteiger partial charge in [0, 0.05) is 23.2 Å². The van der Waals surface area contributed by atoms with Gasteiger partial charge in [-0.3, -0.25) is 4.79 Å². The number of rotatable bonds is 2. The number of carbonyl (C=O) groups is 1. The second-order valence-corrected chi connectivity index (χ2v) is 5.64. The fourth-order valence-electron chi connectivity index (χ4n) is 2.71. The summed E-state index contributed by atoms with van der Waals surface area (Å²) < 4.78 is 0. The standard InChI is InChI=1S/C16H20ClNO/c1-12-6-5-7-13(2)18(12)16(19)11-10-14-8-3-4-9-15(14)17/h3-4,8-13H,5-7H2,1-2H3/b11-10+. The van der Waals surface area contributed by atoms with E-state index in [1.165, 1.54) is 6.42 Å². The summed E-state index contributed by atoms with van der Waals surface area (Å²) in [5, 5.41) is 0.672. The average Bonchev–Trinajstić information content (AvgIpc) is 2.37. The Labute approximate surface area is 120 Å². The molecule has 0 aliphatic carbocycles. The van der Waals surface area contributed by atoms with E-state index in [2.05, 4.69) is 13.8 Å². The van der Waals surface area contributed by atoms with Crippen LogP contribution in [0.2, 0.25) is 5.02 Å². The molecule has 0 aromatic heterocycles. The van der Waals surface area contributed by atoms with Crippen LogP contribution in [0.5, 0.6) is 0 Å². The molecule has 19 heavy (non-hydrogen) atoms. The molecule has 1 fully saturated rings. The van der Waals surface area contributed by atoms with Crippen LogP contribution >= 0.6 is 11.6 Å². The van der Waals surface area contributed by atoms with Crippen LogP contribution in [0.3, 0.4) is 0 Å². The molecule has 102 valence electrons. The largest absolute Gasteiger partial charge is 0.334 e. The molecule has 3 heteroatoms. The Hall–Kier alpha value is -1.28. The topological polar surface area (TPSA) is 20.3 Å². The Kier molecular flexibility index (Phi) is 4.65. The van der Waals surface area contributed by atoms with Gasteiger partial charge >= 0.3 is 0 Å². The Morgan fingerprint density at radius 3 is 2.53 bits per heavy atom. The van der Waals surface area contributed by atoms with Gasteiger partial charge in [-0.05, 0) is 50.8 Å². The van der Waals surface area contributed by atoms with Crippen molar-refractivity contribution in [1.29, 1.82) is 0 Å². The summed E-state index contributed by atoms with van der Waals surface area (Å²) in [6.45, 7) is 4.24. The van der Waals surface area contributed by atoms with Crippen molar-refractivity contribution in [3.05, 3.63) is 40.9 Å². The van der Waals surface area contributed by atoms with Gasteiger partial charge in [-0.15, -0.1) is 0 Å². The quantitative estimate of drug-likeness (QED) is 0.744. The summed E-state index contributed by atoms with van der Waals surface area (Å²) >= 11 is 6.07. The highest BCUT2D eigenvalue weighted by Gasteiger charge is 2.27. The van der Waals surface area contributed by atoms with Crippen molar-refractivity contribution in [3.63, 3.8) is 0 Å². The fourth-order valence-corrected chi connectivity index (χ4v) is 2.91. The number of likely N-dealkylation sites (tertiary alicyclic amines) is 1. The Morgan fingerprint density at radius 1 is 1.26 bits per heavy atom. The zero-order chi connectivity index (χ0) is 13.8. The molecule has 1 aromatic carbocycles. The highest BCUT2D eigenvalue weighted by atomic mass is 35.5. The summed E-state index contributed by atoms with van der Waals surface area (Å²) in [6, 6.07) is 8.20. The molecule has 1 aliphatic rings. The van der Waals surface area contributed by atoms with Crippen LogP contribution in [-0.4, -0.2) is 22.9 Å². The summed E-state index contributed by atoms with van der Waals surface area (Å²) in [5.41, 5.74) is 0.884. The van der Waals surface area contributed by atoms with Crippen molar-refractivity contribution >= 4 is 23.6 Å². The maximum Gasteiger partial charge on any atom is 0.247 e. The van der Waals surface area contributed by atoms with Gasteiger partial charge in [0.25, 0.3) is 0 Å². The molecule has 1 aromatic rings. The van der Waals surface area contributed by atoms with Gasteiger partial charge < -0.3 is 4.90 Å². The first-order valence-corrected chi connectivity index (χ1v) is 7.22. The Balaban J connectivity index is 2.10. The molecule has 1 amide bonds. The van der Waals surface area contributed by atoms with Gasteiger partial charge in [-0.1, -0.05) is 29.8 Å². The predicted molar refractivity (Wildman–Crippen MR) is 80.1 cm³/mol. The summed E-state index contributed by atoms with van der Waals surface area (Å²) in [6.07, 6.45) is 6.84. The third-order valence-electron chi connectivity index (χ3n) is 3.76. The van der Waals surface area contributed by atoms with Gasteiger partial charge in [0.2, 0.25) is 5.91 Å². The number of nitrogens with zero attached hydrogens (tertiary/aromatic N) is 1. The number of halogens is 1. The fraction of sp³-hybridized carbons (Fsp3) is 0.438. The Morgan fingerprint density at radius 2 is 1.89 bits per heavy atom. The van der Waals surface area contributed by atoms with Crippen molar-refractivity contribution in [2.75, 3.05) is 0 Å². The van der Waals surface area contributed by atoms with E-state index < -0.39 is 0 Å². The van der Waals surface area contributed by atoms with E-state index >= 15 is 0 Å². The molecule has 0 N–H and O–H groups in total. The molecule has 0 bridgehead atoms. The summed E-state index contributed by atoms with van der Waals surface area (Å²) in [7, 11) is 0. The van der Waals surface area contributed by atoms with Crippen LogP contribution in [0.1, 0.15) is 38.7 Å². The third-order valence-corrected chi connectivity index (χ3v) is 4.10. The molecule has 2 nitrogen and oxygen atoms in total. The van der Waals surface area contributed by atoms with Crippen molar-refractivity contribution in [3.8, 4) is 0 Å². The second-order valence-electron chi connectivity index (χ2n) is 5.23. The first-order chi connectivity index (χ1) is 9.09. The molecular formula is C16H20ClNO. The normalized spacial score (nSPS) is 23.8. The van der Waals surface area contributed by atoms with Crippen molar-refractivity contribution in [1.82, 2.24) is 4.90 Å². The van der Waals surface area contributed by atoms with Crippen LogP contribution in [0.15, 0.2) is 30.3 Å². The van der Waals surface area contributed by atoms with Crippen molar-refractivity contribution in [2.45, 2.75) is 45.2 Å². The molecule has 1 saturated heterocycles. The first-order valence-electron chi connectivity index (χ1n) is 6.84. The molecule has 1 heterocycles. The minimum atomic E-state index is 0.0830. The third kappa shape index (κ3) is 3.38. The van der Waals surface area contributed by atoms with Gasteiger partial charge in [-0.25, -0.2) is 0 Å². The van der Waals surface area contributed by atoms with E-state index in [4.69, 9.17) is 11.6 Å². The van der Waals surface area contributed by atoms with E-state index in [1.54, 1.807) is 12.2 Å². The minimum Gasteiger partial charge on any atom is -0.334 e. The molecule has 0 saturated carbocycles. The van der Waals surface area contributed by atoms with Gasteiger partial charge in [0.05, 0.1) is 0 Å². The lowest BCUT2D eigenvalue weighted by molar-refractivity contribution is -0.131. The maximum atomic E-state index is 12.3. The smallest absolute Gasteiger partial charge is 0.247 e. The van der Waals surface area contributed by atoms with Gasteiger partial charge in [-0.2, -0.15) is 0 Å². The summed E-state index contributed by atoms with van der Waals surface area (Å²) in [4.78, 5) is 14.3. The molecular weight excluding hydrogens is 258 g/mol. The van der Waals surface area contributed by atoms with Gasteiger partial charge in [0.1, 0.15) is 0 Å². The number of benzene rings is 1. The van der Waals surface area contributed by atoms with Crippen molar-refractivity contribution < 1.29 is 4.79 Å². The van der Waals surface area contributed by atoms with E-state index in [-0.39, 0.29) is 5.91 Å². The van der Waals surface area contributed by atoms with E-state index in [1.807, 2.05) is 29.2 Å². The predicted octanol–water partition coefficient (Wildman–Crippen LogP) is 4.14. The molecule has 2 rings (SSSR count). The highest BCUT2D eigenvalue weighted by molar-refractivity contribution is 6.32. The molecule has 0 spiro atoms. The molecule has 2 atom stereocenters. The van der Waals surface area contributed by atoms with E-state index in [0.717, 1.165) is 18.4 Å². The number of amides is 1. The number of piperidine rings is 1. The Bertz CT molecular complexity index is 473. The summed E-state index contributed by atoms with van der Waals surface area (Å²) in [5.74, 6) is 0.0830. The average molecular weight is 278 g/mol. The molecule has 2 unspecified atom stereocenters. The van der Waals surface area contributed by atoms with Gasteiger partial charge in [0.15, 0.2) is 0 Å². The lowest BCUT2D eigenvalue weighted by Crippen LogP contribution is -2.46. The van der Waals surface area contributed by atoms with Crippen LogP contribution in [-0.2, 0) is 4.79 Å². The van der Waals surface area contributed by atoms with Crippen LogP contribution in [0.25, 0.3) is 6.08 Å². The zero-order valence-corrected chi connectivity index (χ0v) is 12.2. The minimum absolute atomic E-state index is 0.0830. The molecule has 1 aliphatic heterocycles. The monoisotopic (exact) mass is 277 g/mol.